The standard InChI is InChI=1S/C13H17N3OS/c1-9-12(14-3)15-10(2)16-13(9)17-7-6-11-5-4-8-18-11/h4-5,8H,6-7H2,1-3H3,(H,14,15,16). The van der Waals surface area contributed by atoms with Gasteiger partial charge in [0.1, 0.15) is 11.6 Å². The van der Waals surface area contributed by atoms with E-state index in [2.05, 4.69) is 32.8 Å². The monoisotopic (exact) mass is 263 g/mol. The molecule has 2 aromatic rings. The van der Waals surface area contributed by atoms with E-state index in [0.29, 0.717) is 12.5 Å². The maximum atomic E-state index is 5.75. The summed E-state index contributed by atoms with van der Waals surface area (Å²) in [6.45, 7) is 4.47. The van der Waals surface area contributed by atoms with Crippen LogP contribution >= 0.6 is 11.3 Å². The lowest BCUT2D eigenvalue weighted by Gasteiger charge is -2.11. The molecule has 0 aliphatic carbocycles. The van der Waals surface area contributed by atoms with Gasteiger partial charge in [-0.25, -0.2) is 4.98 Å². The Bertz CT molecular complexity index is 511. The van der Waals surface area contributed by atoms with Crippen LogP contribution < -0.4 is 10.1 Å². The van der Waals surface area contributed by atoms with Crippen molar-refractivity contribution in [1.82, 2.24) is 9.97 Å². The Morgan fingerprint density at radius 1 is 1.33 bits per heavy atom. The molecule has 0 aliphatic rings. The number of rotatable bonds is 5. The molecule has 0 spiro atoms. The van der Waals surface area contributed by atoms with Crippen LogP contribution in [-0.2, 0) is 6.42 Å². The molecule has 96 valence electrons. The number of hydrogen-bond donors (Lipinski definition) is 1. The highest BCUT2D eigenvalue weighted by atomic mass is 32.1. The lowest BCUT2D eigenvalue weighted by Crippen LogP contribution is -2.07. The van der Waals surface area contributed by atoms with E-state index in [9.17, 15) is 0 Å². The summed E-state index contributed by atoms with van der Waals surface area (Å²) in [6, 6.07) is 4.17. The van der Waals surface area contributed by atoms with Crippen LogP contribution in [0.1, 0.15) is 16.3 Å². The van der Waals surface area contributed by atoms with Gasteiger partial charge < -0.3 is 10.1 Å². The fourth-order valence-corrected chi connectivity index (χ4v) is 2.38. The minimum atomic E-state index is 0.640. The van der Waals surface area contributed by atoms with Crippen molar-refractivity contribution in [1.29, 1.82) is 0 Å². The van der Waals surface area contributed by atoms with Crippen LogP contribution in [0.15, 0.2) is 17.5 Å². The summed E-state index contributed by atoms with van der Waals surface area (Å²) in [4.78, 5) is 9.97. The molecule has 0 amide bonds. The third-order valence-corrected chi connectivity index (χ3v) is 3.55. The second-order valence-corrected chi connectivity index (χ2v) is 5.01. The highest BCUT2D eigenvalue weighted by Gasteiger charge is 2.09. The molecule has 2 rings (SSSR count). The highest BCUT2D eigenvalue weighted by molar-refractivity contribution is 7.09. The van der Waals surface area contributed by atoms with Gasteiger partial charge in [0, 0.05) is 18.3 Å². The Kier molecular flexibility index (Phi) is 4.15. The van der Waals surface area contributed by atoms with E-state index in [1.165, 1.54) is 4.88 Å². The minimum absolute atomic E-state index is 0.640. The molecule has 2 aromatic heterocycles. The van der Waals surface area contributed by atoms with Gasteiger partial charge in [-0.2, -0.15) is 4.98 Å². The zero-order valence-electron chi connectivity index (χ0n) is 10.9. The smallest absolute Gasteiger partial charge is 0.221 e. The first-order valence-corrected chi connectivity index (χ1v) is 6.77. The van der Waals surface area contributed by atoms with E-state index in [0.717, 1.165) is 23.6 Å². The van der Waals surface area contributed by atoms with Gasteiger partial charge >= 0.3 is 0 Å². The molecular formula is C13H17N3OS. The average Bonchev–Trinajstić information content (AvgIpc) is 2.86. The van der Waals surface area contributed by atoms with Gasteiger partial charge in [-0.05, 0) is 25.3 Å². The summed E-state index contributed by atoms with van der Waals surface area (Å²) >= 11 is 1.75. The average molecular weight is 263 g/mol. The molecule has 0 atom stereocenters. The van der Waals surface area contributed by atoms with Gasteiger partial charge in [-0.1, -0.05) is 6.07 Å². The summed E-state index contributed by atoms with van der Waals surface area (Å²) in [5, 5.41) is 5.13. The number of nitrogens with zero attached hydrogens (tertiary/aromatic N) is 2. The van der Waals surface area contributed by atoms with E-state index < -0.39 is 0 Å². The molecule has 1 N–H and O–H groups in total. The molecule has 18 heavy (non-hydrogen) atoms. The molecule has 0 bridgehead atoms. The molecule has 5 heteroatoms. The van der Waals surface area contributed by atoms with Crippen LogP contribution in [0.5, 0.6) is 5.88 Å². The second-order valence-electron chi connectivity index (χ2n) is 3.98. The van der Waals surface area contributed by atoms with Gasteiger partial charge in [0.05, 0.1) is 12.2 Å². The molecule has 0 unspecified atom stereocenters. The lowest BCUT2D eigenvalue weighted by molar-refractivity contribution is 0.307. The first kappa shape index (κ1) is 12.8. The van der Waals surface area contributed by atoms with E-state index in [-0.39, 0.29) is 0 Å². The third-order valence-electron chi connectivity index (χ3n) is 2.62. The maximum Gasteiger partial charge on any atom is 0.221 e. The van der Waals surface area contributed by atoms with Crippen LogP contribution in [0.2, 0.25) is 0 Å². The number of thiophene rings is 1. The van der Waals surface area contributed by atoms with Crippen molar-refractivity contribution < 1.29 is 4.74 Å². The highest BCUT2D eigenvalue weighted by Crippen LogP contribution is 2.21. The summed E-state index contributed by atoms with van der Waals surface area (Å²) in [7, 11) is 1.85. The molecule has 2 heterocycles. The zero-order chi connectivity index (χ0) is 13.0. The van der Waals surface area contributed by atoms with E-state index in [1.54, 1.807) is 11.3 Å². The summed E-state index contributed by atoms with van der Waals surface area (Å²) < 4.78 is 5.75. The van der Waals surface area contributed by atoms with Gasteiger partial charge in [0.2, 0.25) is 5.88 Å². The number of hydrogen-bond acceptors (Lipinski definition) is 5. The Morgan fingerprint density at radius 3 is 2.83 bits per heavy atom. The Labute approximate surface area is 111 Å². The summed E-state index contributed by atoms with van der Waals surface area (Å²) in [5.74, 6) is 2.22. The SMILES string of the molecule is CNc1nc(C)nc(OCCc2cccs2)c1C. The molecule has 0 aliphatic heterocycles. The first-order chi connectivity index (χ1) is 8.70. The molecule has 0 aromatic carbocycles. The lowest BCUT2D eigenvalue weighted by atomic mass is 10.3. The van der Waals surface area contributed by atoms with Crippen molar-refractivity contribution in [2.45, 2.75) is 20.3 Å². The molecular weight excluding hydrogens is 246 g/mol. The summed E-state index contributed by atoms with van der Waals surface area (Å²) in [6.07, 6.45) is 0.912. The van der Waals surface area contributed by atoms with Crippen LogP contribution in [0.4, 0.5) is 5.82 Å². The normalized spacial score (nSPS) is 10.4. The van der Waals surface area contributed by atoms with Gasteiger partial charge in [0.25, 0.3) is 0 Å². The molecule has 4 nitrogen and oxygen atoms in total. The fraction of sp³-hybridized carbons (Fsp3) is 0.385. The van der Waals surface area contributed by atoms with Crippen LogP contribution in [0.3, 0.4) is 0 Å². The predicted molar refractivity (Wildman–Crippen MR) is 74.6 cm³/mol. The van der Waals surface area contributed by atoms with Gasteiger partial charge in [-0.15, -0.1) is 11.3 Å². The number of anilines is 1. The van der Waals surface area contributed by atoms with Crippen molar-refractivity contribution in [2.24, 2.45) is 0 Å². The van der Waals surface area contributed by atoms with E-state index >= 15 is 0 Å². The molecule has 0 saturated heterocycles. The Balaban J connectivity index is 2.02. The number of ether oxygens (including phenoxy) is 1. The quantitative estimate of drug-likeness (QED) is 0.901. The number of aromatic nitrogens is 2. The zero-order valence-corrected chi connectivity index (χ0v) is 11.7. The third kappa shape index (κ3) is 2.98. The van der Waals surface area contributed by atoms with Gasteiger partial charge in [-0.3, -0.25) is 0 Å². The largest absolute Gasteiger partial charge is 0.477 e. The summed E-state index contributed by atoms with van der Waals surface area (Å²) in [5.41, 5.74) is 0.953. The Morgan fingerprint density at radius 2 is 2.17 bits per heavy atom. The van der Waals surface area contributed by atoms with Gasteiger partial charge in [0.15, 0.2) is 0 Å². The molecule has 0 radical (unpaired) electrons. The van der Waals surface area contributed by atoms with Crippen molar-refractivity contribution >= 4 is 17.2 Å². The van der Waals surface area contributed by atoms with Crippen LogP contribution in [0.25, 0.3) is 0 Å². The van der Waals surface area contributed by atoms with E-state index in [1.807, 2.05) is 20.9 Å². The first-order valence-electron chi connectivity index (χ1n) is 5.89. The molecule has 0 saturated carbocycles. The predicted octanol–water partition coefficient (Wildman–Crippen LogP) is 2.82. The van der Waals surface area contributed by atoms with Crippen LogP contribution in [0, 0.1) is 13.8 Å². The number of nitrogens with one attached hydrogen (secondary N) is 1. The minimum Gasteiger partial charge on any atom is -0.477 e. The van der Waals surface area contributed by atoms with Crippen molar-refractivity contribution in [3.8, 4) is 5.88 Å². The second kappa shape index (κ2) is 5.82. The van der Waals surface area contributed by atoms with E-state index in [4.69, 9.17) is 4.74 Å². The van der Waals surface area contributed by atoms with Crippen molar-refractivity contribution in [3.63, 3.8) is 0 Å². The molecule has 0 fully saturated rings. The maximum absolute atomic E-state index is 5.75. The topological polar surface area (TPSA) is 47.0 Å². The van der Waals surface area contributed by atoms with Crippen molar-refractivity contribution in [2.75, 3.05) is 19.0 Å². The number of aryl methyl sites for hydroxylation is 1. The Hall–Kier alpha value is -1.62. The fourth-order valence-electron chi connectivity index (χ4n) is 1.69. The van der Waals surface area contributed by atoms with Crippen LogP contribution in [-0.4, -0.2) is 23.6 Å². The van der Waals surface area contributed by atoms with Crippen molar-refractivity contribution in [3.05, 3.63) is 33.8 Å².